The van der Waals surface area contributed by atoms with Gasteiger partial charge in [-0.2, -0.15) is 0 Å². The quantitative estimate of drug-likeness (QED) is 0.0791. The second-order valence-corrected chi connectivity index (χ2v) is 36.8. The summed E-state index contributed by atoms with van der Waals surface area (Å²) in [7, 11) is -5.10. The van der Waals surface area contributed by atoms with Crippen LogP contribution in [0, 0.1) is 6.55 Å². The summed E-state index contributed by atoms with van der Waals surface area (Å²) in [5.41, 5.74) is -0.638. The molecule has 0 unspecified atom stereocenters. The Kier molecular flexibility index (Phi) is 34.3. The zero-order valence-electron chi connectivity index (χ0n) is 32.2. The fraction of sp³-hybridized carbons (Fsp3) is 0.774. The van der Waals surface area contributed by atoms with Crippen LogP contribution in [0.3, 0.4) is 0 Å². The summed E-state index contributed by atoms with van der Waals surface area (Å²) in [5.74, 6) is -2.52. The van der Waals surface area contributed by atoms with Crippen LogP contribution in [-0.4, -0.2) is 116 Å². The van der Waals surface area contributed by atoms with Crippen molar-refractivity contribution in [1.82, 2.24) is 0 Å². The molecular formula is C31H67ClMgO9Si4. The van der Waals surface area contributed by atoms with E-state index in [-0.39, 0.29) is 54.6 Å². The monoisotopic (exact) mass is 754 g/mol. The van der Waals surface area contributed by atoms with E-state index in [1.165, 1.54) is 0 Å². The van der Waals surface area contributed by atoms with Crippen molar-refractivity contribution in [2.75, 3.05) is 26.4 Å². The van der Waals surface area contributed by atoms with E-state index in [1.54, 1.807) is 27.7 Å². The summed E-state index contributed by atoms with van der Waals surface area (Å²) in [6, 6.07) is 2.00. The summed E-state index contributed by atoms with van der Waals surface area (Å²) >= 11 is 0. The van der Waals surface area contributed by atoms with Crippen LogP contribution < -0.4 is 12.4 Å². The van der Waals surface area contributed by atoms with E-state index in [2.05, 4.69) is 101 Å². The van der Waals surface area contributed by atoms with Crippen LogP contribution in [0.1, 0.15) is 27.7 Å². The number of carbonyl (C=O) groups is 4. The van der Waals surface area contributed by atoms with Gasteiger partial charge in [-0.1, -0.05) is 85.1 Å². The van der Waals surface area contributed by atoms with E-state index in [0.29, 0.717) is 30.9 Å². The Morgan fingerprint density at radius 3 is 1.09 bits per heavy atom. The van der Waals surface area contributed by atoms with Gasteiger partial charge in [-0.05, 0) is 45.8 Å². The van der Waals surface area contributed by atoms with Gasteiger partial charge in [0.15, 0.2) is 5.60 Å². The van der Waals surface area contributed by atoms with Crippen molar-refractivity contribution in [3.63, 3.8) is 0 Å². The molecule has 0 radical (unpaired) electrons. The molecule has 0 aromatic heterocycles. The van der Waals surface area contributed by atoms with Gasteiger partial charge in [0.2, 0.25) is 0 Å². The number of hydrogen-bond donors (Lipinski definition) is 1. The molecule has 270 valence electrons. The Balaban J connectivity index is -0.000000122. The van der Waals surface area contributed by atoms with Crippen molar-refractivity contribution in [3.05, 3.63) is 18.7 Å². The van der Waals surface area contributed by atoms with Crippen molar-refractivity contribution in [2.24, 2.45) is 0 Å². The van der Waals surface area contributed by atoms with Crippen molar-refractivity contribution < 1.29 is 55.6 Å². The van der Waals surface area contributed by atoms with Gasteiger partial charge in [-0.3, -0.25) is 0 Å². The van der Waals surface area contributed by atoms with Crippen LogP contribution in [0.2, 0.25) is 96.7 Å². The number of ether oxygens (including phenoxy) is 4. The minimum atomic E-state index is -1.51. The molecule has 46 heavy (non-hydrogen) atoms. The van der Waals surface area contributed by atoms with Crippen LogP contribution in [0.25, 0.3) is 0 Å². The molecule has 0 saturated heterocycles. The molecule has 0 saturated carbocycles. The van der Waals surface area contributed by atoms with Gasteiger partial charge >= 0.3 is 46.9 Å². The van der Waals surface area contributed by atoms with Crippen molar-refractivity contribution in [1.29, 1.82) is 0 Å². The molecule has 0 aromatic carbocycles. The molecule has 0 amide bonds. The maximum absolute atomic E-state index is 12.0. The molecule has 0 aliphatic carbocycles. The molecule has 0 atom stereocenters. The molecule has 9 nitrogen and oxygen atoms in total. The average molecular weight is 756 g/mol. The van der Waals surface area contributed by atoms with Crippen LogP contribution in [0.15, 0.2) is 12.2 Å². The minimum Gasteiger partial charge on any atom is -1.00 e. The third-order valence-corrected chi connectivity index (χ3v) is 9.10. The number of halogens is 1. The summed E-state index contributed by atoms with van der Waals surface area (Å²) in [5, 5.41) is 10.7. The minimum absolute atomic E-state index is 0. The SMILES string of the molecule is C=C(C[Si](C)(C)C)C(=O)OCC.CCOC(=O)C(=O)OCC.CCOC(=O)C(O)(C[Si](C)(C)C)C[Si](C)(C)C.[CH2-][Si](C)(C)C.[Cl-].[Mg+2]. The predicted octanol–water partition coefficient (Wildman–Crippen LogP) is 3.83. The molecule has 0 heterocycles. The van der Waals surface area contributed by atoms with Gasteiger partial charge in [0.1, 0.15) is 0 Å². The Hall–Kier alpha value is -0.496. The molecule has 15 heteroatoms. The molecule has 0 aliphatic rings. The van der Waals surface area contributed by atoms with E-state index < -0.39 is 55.8 Å². The first-order chi connectivity index (χ1) is 19.5. The number of esters is 4. The largest absolute Gasteiger partial charge is 2.00 e. The molecule has 0 fully saturated rings. The molecule has 0 spiro atoms. The number of aliphatic hydroxyl groups is 1. The third kappa shape index (κ3) is 43.5. The summed E-state index contributed by atoms with van der Waals surface area (Å²) in [6.45, 7) is 41.9. The Morgan fingerprint density at radius 1 is 0.609 bits per heavy atom. The van der Waals surface area contributed by atoms with Crippen LogP contribution >= 0.6 is 0 Å². The molecular weight excluding hydrogens is 688 g/mol. The van der Waals surface area contributed by atoms with Gasteiger partial charge in [0.25, 0.3) is 0 Å². The number of hydrogen-bond acceptors (Lipinski definition) is 9. The molecule has 0 bridgehead atoms. The van der Waals surface area contributed by atoms with Crippen molar-refractivity contribution in [3.8, 4) is 0 Å². The van der Waals surface area contributed by atoms with E-state index in [1.807, 2.05) is 0 Å². The van der Waals surface area contributed by atoms with Crippen molar-refractivity contribution >= 4 is 79.2 Å². The maximum Gasteiger partial charge on any atom is 2.00 e. The standard InChI is InChI=1S/C12H28O3Si2.C9H18O2Si.C6H10O4.C4H11Si.ClH.Mg/c1-8-15-11(13)12(14,9-16(2,3)4)10-17(5,6)7;1-6-11-9(10)8(2)7-12(3,4)5;1-3-9-5(7)6(8)10-4-2;1-5(2,3)4;;/h14H,8-10H2,1-7H3;2,6-7H2,1,3-5H3;3-4H2,1-2H3;1H2,2-4H3;1H;/q;;;-1;;+2/p-1. The fourth-order valence-corrected chi connectivity index (χ4v) is 9.28. The third-order valence-electron chi connectivity index (χ3n) is 4.33. The first kappa shape index (κ1) is 57.8. The first-order valence-electron chi connectivity index (χ1n) is 15.4. The van der Waals surface area contributed by atoms with Gasteiger partial charge in [0, 0.05) is 29.8 Å². The topological polar surface area (TPSA) is 125 Å². The van der Waals surface area contributed by atoms with E-state index in [4.69, 9.17) is 9.47 Å². The predicted molar refractivity (Wildman–Crippen MR) is 200 cm³/mol. The number of carbonyl (C=O) groups excluding carboxylic acids is 4. The first-order valence-corrected chi connectivity index (χ1v) is 30.2. The fourth-order valence-electron chi connectivity index (χ4n) is 3.55. The molecule has 0 aromatic rings. The van der Waals surface area contributed by atoms with Gasteiger partial charge in [0.05, 0.1) is 26.4 Å². The summed E-state index contributed by atoms with van der Waals surface area (Å²) < 4.78 is 18.6. The number of rotatable bonds is 12. The van der Waals surface area contributed by atoms with Crippen molar-refractivity contribution in [2.45, 2.75) is 130 Å². The second-order valence-electron chi connectivity index (χ2n) is 15.3. The summed E-state index contributed by atoms with van der Waals surface area (Å²) in [4.78, 5) is 44.0. The van der Waals surface area contributed by atoms with Gasteiger partial charge in [-0.15, -0.1) is 8.07 Å². The van der Waals surface area contributed by atoms with E-state index >= 15 is 0 Å². The smallest absolute Gasteiger partial charge is 1.00 e. The van der Waals surface area contributed by atoms with Crippen LogP contribution in [-0.2, 0) is 38.1 Å². The van der Waals surface area contributed by atoms with Crippen LogP contribution in [0.4, 0.5) is 0 Å². The summed E-state index contributed by atoms with van der Waals surface area (Å²) in [6.07, 6.45) is 0. The average Bonchev–Trinajstić information content (AvgIpc) is 2.76. The van der Waals surface area contributed by atoms with E-state index in [0.717, 1.165) is 6.04 Å². The zero-order chi connectivity index (χ0) is 36.2. The molecule has 0 aliphatic heterocycles. The Labute approximate surface area is 308 Å². The maximum atomic E-state index is 12.0. The zero-order valence-corrected chi connectivity index (χ0v) is 38.3. The van der Waals surface area contributed by atoms with Crippen LogP contribution in [0.5, 0.6) is 0 Å². The van der Waals surface area contributed by atoms with Gasteiger partial charge < -0.3 is 43.0 Å². The normalized spacial score (nSPS) is 11.1. The Bertz CT molecular complexity index is 839. The Morgan fingerprint density at radius 2 is 0.870 bits per heavy atom. The second kappa shape index (κ2) is 27.3. The molecule has 1 N–H and O–H groups in total. The molecule has 0 rings (SSSR count). The van der Waals surface area contributed by atoms with Gasteiger partial charge in [-0.25, -0.2) is 19.2 Å². The van der Waals surface area contributed by atoms with E-state index in [9.17, 15) is 24.3 Å².